The second kappa shape index (κ2) is 5.87. The number of rotatable bonds is 5. The van der Waals surface area contributed by atoms with Gasteiger partial charge in [0.1, 0.15) is 6.33 Å². The van der Waals surface area contributed by atoms with E-state index in [1.165, 1.54) is 11.8 Å². The third-order valence-electron chi connectivity index (χ3n) is 2.64. The Morgan fingerprint density at radius 1 is 1.25 bits per heavy atom. The van der Waals surface area contributed by atoms with Crippen LogP contribution >= 0.6 is 11.8 Å². The highest BCUT2D eigenvalue weighted by Gasteiger charge is 2.08. The van der Waals surface area contributed by atoms with Crippen LogP contribution in [0.25, 0.3) is 5.69 Å². The molecular formula is C13H13N5OS. The Morgan fingerprint density at radius 2 is 2.10 bits per heavy atom. The molecule has 7 heteroatoms. The summed E-state index contributed by atoms with van der Waals surface area (Å²) in [5.74, 6) is 1.90. The minimum absolute atomic E-state index is 0.575. The van der Waals surface area contributed by atoms with Crippen LogP contribution in [0.1, 0.15) is 18.6 Å². The van der Waals surface area contributed by atoms with Crippen LogP contribution in [0, 0.1) is 0 Å². The molecule has 0 atom stereocenters. The second-order valence-corrected chi connectivity index (χ2v) is 5.00. The molecule has 6 nitrogen and oxygen atoms in total. The largest absolute Gasteiger partial charge is 0.338 e. The van der Waals surface area contributed by atoms with E-state index >= 15 is 0 Å². The van der Waals surface area contributed by atoms with Crippen LogP contribution in [0.4, 0.5) is 0 Å². The highest BCUT2D eigenvalue weighted by Crippen LogP contribution is 2.18. The van der Waals surface area contributed by atoms with Gasteiger partial charge in [-0.3, -0.25) is 0 Å². The quantitative estimate of drug-likeness (QED) is 0.671. The molecule has 0 bridgehead atoms. The van der Waals surface area contributed by atoms with Gasteiger partial charge in [0.25, 0.3) is 0 Å². The first kappa shape index (κ1) is 12.9. The van der Waals surface area contributed by atoms with E-state index in [0.717, 1.165) is 17.9 Å². The van der Waals surface area contributed by atoms with Crippen LogP contribution in [-0.4, -0.2) is 24.9 Å². The van der Waals surface area contributed by atoms with Crippen molar-refractivity contribution in [2.24, 2.45) is 0 Å². The summed E-state index contributed by atoms with van der Waals surface area (Å²) >= 11 is 1.47. The van der Waals surface area contributed by atoms with Crippen LogP contribution < -0.4 is 0 Å². The van der Waals surface area contributed by atoms with E-state index in [4.69, 9.17) is 4.52 Å². The van der Waals surface area contributed by atoms with E-state index in [1.807, 2.05) is 37.3 Å². The molecule has 0 amide bonds. The molecule has 2 heterocycles. The second-order valence-electron chi connectivity index (χ2n) is 4.05. The van der Waals surface area contributed by atoms with Crippen LogP contribution in [0.3, 0.4) is 0 Å². The number of aryl methyl sites for hydroxylation is 1. The van der Waals surface area contributed by atoms with Gasteiger partial charge in [0.15, 0.2) is 5.82 Å². The number of aromatic nitrogens is 5. The predicted molar refractivity (Wildman–Crippen MR) is 74.6 cm³/mol. The zero-order valence-corrected chi connectivity index (χ0v) is 11.7. The van der Waals surface area contributed by atoms with Gasteiger partial charge in [-0.2, -0.15) is 4.98 Å². The van der Waals surface area contributed by atoms with Crippen molar-refractivity contribution in [2.45, 2.75) is 24.3 Å². The molecule has 0 spiro atoms. The molecule has 102 valence electrons. The summed E-state index contributed by atoms with van der Waals surface area (Å²) in [7, 11) is 0. The van der Waals surface area contributed by atoms with Crippen molar-refractivity contribution in [3.63, 3.8) is 0 Å². The maximum atomic E-state index is 5.12. The van der Waals surface area contributed by atoms with Gasteiger partial charge in [0, 0.05) is 6.42 Å². The van der Waals surface area contributed by atoms with E-state index in [-0.39, 0.29) is 0 Å². The first-order valence-electron chi connectivity index (χ1n) is 6.26. The average Bonchev–Trinajstić information content (AvgIpc) is 3.15. The fourth-order valence-electron chi connectivity index (χ4n) is 1.64. The highest BCUT2D eigenvalue weighted by molar-refractivity contribution is 7.98. The van der Waals surface area contributed by atoms with Gasteiger partial charge < -0.3 is 4.52 Å². The van der Waals surface area contributed by atoms with Gasteiger partial charge in [0.2, 0.25) is 11.0 Å². The van der Waals surface area contributed by atoms with Crippen molar-refractivity contribution < 1.29 is 4.52 Å². The maximum Gasteiger partial charge on any atom is 0.237 e. The molecule has 1 aromatic carbocycles. The SMILES string of the molecule is CCc1noc(CSc2ncn(-c3ccccc3)n2)n1. The van der Waals surface area contributed by atoms with Crippen LogP contribution in [-0.2, 0) is 12.2 Å². The number of nitrogens with zero attached hydrogens (tertiary/aromatic N) is 5. The molecular weight excluding hydrogens is 274 g/mol. The van der Waals surface area contributed by atoms with Crippen molar-refractivity contribution in [3.05, 3.63) is 48.4 Å². The fourth-order valence-corrected chi connectivity index (χ4v) is 2.28. The Bertz CT molecular complexity index is 679. The monoisotopic (exact) mass is 287 g/mol. The summed E-state index contributed by atoms with van der Waals surface area (Å²) < 4.78 is 6.87. The van der Waals surface area contributed by atoms with Crippen molar-refractivity contribution in [1.82, 2.24) is 24.9 Å². The van der Waals surface area contributed by atoms with Gasteiger partial charge >= 0.3 is 0 Å². The van der Waals surface area contributed by atoms with Gasteiger partial charge in [0.05, 0.1) is 11.4 Å². The molecule has 0 saturated heterocycles. The molecule has 20 heavy (non-hydrogen) atoms. The van der Waals surface area contributed by atoms with Gasteiger partial charge in [-0.05, 0) is 12.1 Å². The third-order valence-corrected chi connectivity index (χ3v) is 3.48. The van der Waals surface area contributed by atoms with E-state index in [0.29, 0.717) is 16.8 Å². The predicted octanol–water partition coefficient (Wildman–Crippen LogP) is 2.50. The first-order valence-corrected chi connectivity index (χ1v) is 7.25. The highest BCUT2D eigenvalue weighted by atomic mass is 32.2. The van der Waals surface area contributed by atoms with E-state index in [1.54, 1.807) is 11.0 Å². The molecule has 0 fully saturated rings. The summed E-state index contributed by atoms with van der Waals surface area (Å²) in [5.41, 5.74) is 0.984. The maximum absolute atomic E-state index is 5.12. The number of para-hydroxylation sites is 1. The van der Waals surface area contributed by atoms with Crippen molar-refractivity contribution >= 4 is 11.8 Å². The fraction of sp³-hybridized carbons (Fsp3) is 0.231. The zero-order valence-electron chi connectivity index (χ0n) is 10.9. The Kier molecular flexibility index (Phi) is 3.78. The lowest BCUT2D eigenvalue weighted by atomic mass is 10.3. The molecule has 0 aliphatic heterocycles. The van der Waals surface area contributed by atoms with Gasteiger partial charge in [-0.25, -0.2) is 9.67 Å². The third kappa shape index (κ3) is 2.88. The first-order chi connectivity index (χ1) is 9.85. The zero-order chi connectivity index (χ0) is 13.8. The molecule has 0 unspecified atom stereocenters. The average molecular weight is 287 g/mol. The topological polar surface area (TPSA) is 69.6 Å². The summed E-state index contributed by atoms with van der Waals surface area (Å²) in [6.07, 6.45) is 2.47. The van der Waals surface area contributed by atoms with Crippen LogP contribution in [0.5, 0.6) is 0 Å². The number of hydrogen-bond donors (Lipinski definition) is 0. The standard InChI is InChI=1S/C13H13N5OS/c1-2-11-15-12(19-17-11)8-20-13-14-9-18(16-13)10-6-4-3-5-7-10/h3-7,9H,2,8H2,1H3. The molecule has 2 aromatic heterocycles. The molecule has 0 saturated carbocycles. The molecule has 0 aliphatic rings. The van der Waals surface area contributed by atoms with Crippen LogP contribution in [0.2, 0.25) is 0 Å². The van der Waals surface area contributed by atoms with Gasteiger partial charge in [-0.1, -0.05) is 42.0 Å². The van der Waals surface area contributed by atoms with Crippen LogP contribution in [0.15, 0.2) is 46.3 Å². The van der Waals surface area contributed by atoms with E-state index in [9.17, 15) is 0 Å². The lowest BCUT2D eigenvalue weighted by molar-refractivity contribution is 0.385. The minimum atomic E-state index is 0.575. The lowest BCUT2D eigenvalue weighted by Gasteiger charge is -1.97. The Hall–Kier alpha value is -2.15. The van der Waals surface area contributed by atoms with E-state index in [2.05, 4.69) is 20.2 Å². The number of thioether (sulfide) groups is 1. The summed E-state index contributed by atoms with van der Waals surface area (Å²) in [6, 6.07) is 9.86. The lowest BCUT2D eigenvalue weighted by Crippen LogP contribution is -1.93. The Balaban J connectivity index is 1.65. The van der Waals surface area contributed by atoms with Gasteiger partial charge in [-0.15, -0.1) is 5.10 Å². The smallest absolute Gasteiger partial charge is 0.237 e. The molecule has 0 N–H and O–H groups in total. The van der Waals surface area contributed by atoms with Crippen molar-refractivity contribution in [1.29, 1.82) is 0 Å². The van der Waals surface area contributed by atoms with Crippen molar-refractivity contribution in [2.75, 3.05) is 0 Å². The molecule has 0 aliphatic carbocycles. The molecule has 3 rings (SSSR count). The Labute approximate surface area is 120 Å². The normalized spacial score (nSPS) is 10.8. The summed E-state index contributed by atoms with van der Waals surface area (Å²) in [4.78, 5) is 8.51. The molecule has 3 aromatic rings. The summed E-state index contributed by atoms with van der Waals surface area (Å²) in [6.45, 7) is 1.99. The number of benzene rings is 1. The summed E-state index contributed by atoms with van der Waals surface area (Å²) in [5, 5.41) is 8.94. The number of hydrogen-bond acceptors (Lipinski definition) is 6. The molecule has 0 radical (unpaired) electrons. The Morgan fingerprint density at radius 3 is 2.85 bits per heavy atom. The minimum Gasteiger partial charge on any atom is -0.338 e. The van der Waals surface area contributed by atoms with E-state index < -0.39 is 0 Å². The van der Waals surface area contributed by atoms with Crippen molar-refractivity contribution in [3.8, 4) is 5.69 Å².